The third kappa shape index (κ3) is 2.61. The maximum Gasteiger partial charge on any atom is 0.339 e. The van der Waals surface area contributed by atoms with Crippen molar-refractivity contribution < 1.29 is 9.90 Å². The second kappa shape index (κ2) is 5.20. The number of aromatic nitrogens is 3. The SMILES string of the molecule is CN(Cc1cnn(C)c1)c1nc2c(cc1C(=O)O)CCC2. The lowest BCUT2D eigenvalue weighted by Gasteiger charge is -2.20. The molecule has 2 aromatic rings. The van der Waals surface area contributed by atoms with Gasteiger partial charge >= 0.3 is 5.97 Å². The number of rotatable bonds is 4. The Labute approximate surface area is 123 Å². The van der Waals surface area contributed by atoms with Crippen LogP contribution in [0.15, 0.2) is 18.5 Å². The molecule has 0 saturated carbocycles. The van der Waals surface area contributed by atoms with E-state index in [0.717, 1.165) is 36.1 Å². The van der Waals surface area contributed by atoms with Crippen molar-refractivity contribution in [3.05, 3.63) is 40.8 Å². The van der Waals surface area contributed by atoms with Gasteiger partial charge in [-0.1, -0.05) is 0 Å². The van der Waals surface area contributed by atoms with Crippen LogP contribution in [0.25, 0.3) is 0 Å². The van der Waals surface area contributed by atoms with Gasteiger partial charge in [-0.2, -0.15) is 5.10 Å². The molecule has 6 nitrogen and oxygen atoms in total. The van der Waals surface area contributed by atoms with Crippen LogP contribution in [-0.2, 0) is 26.4 Å². The average Bonchev–Trinajstić information content (AvgIpc) is 3.05. The fourth-order valence-electron chi connectivity index (χ4n) is 2.81. The lowest BCUT2D eigenvalue weighted by atomic mass is 10.1. The largest absolute Gasteiger partial charge is 0.478 e. The molecular weight excluding hydrogens is 268 g/mol. The molecular formula is C15H18N4O2. The average molecular weight is 286 g/mol. The maximum absolute atomic E-state index is 11.5. The molecule has 0 spiro atoms. The molecule has 21 heavy (non-hydrogen) atoms. The molecule has 0 amide bonds. The highest BCUT2D eigenvalue weighted by Gasteiger charge is 2.22. The quantitative estimate of drug-likeness (QED) is 0.925. The van der Waals surface area contributed by atoms with Crippen LogP contribution < -0.4 is 4.90 Å². The lowest BCUT2D eigenvalue weighted by molar-refractivity contribution is 0.0697. The first-order chi connectivity index (χ1) is 10.0. The third-order valence-corrected chi connectivity index (χ3v) is 3.80. The highest BCUT2D eigenvalue weighted by atomic mass is 16.4. The number of aromatic carboxylic acids is 1. The molecule has 2 aromatic heterocycles. The third-order valence-electron chi connectivity index (χ3n) is 3.80. The fraction of sp³-hybridized carbons (Fsp3) is 0.400. The Kier molecular flexibility index (Phi) is 3.37. The normalized spacial score (nSPS) is 13.2. The van der Waals surface area contributed by atoms with Crippen molar-refractivity contribution in [3.63, 3.8) is 0 Å². The van der Waals surface area contributed by atoms with Crippen molar-refractivity contribution in [2.45, 2.75) is 25.8 Å². The highest BCUT2D eigenvalue weighted by molar-refractivity contribution is 5.93. The summed E-state index contributed by atoms with van der Waals surface area (Å²) in [6.45, 7) is 0.583. The number of carbonyl (C=O) groups is 1. The zero-order valence-corrected chi connectivity index (χ0v) is 12.2. The highest BCUT2D eigenvalue weighted by Crippen LogP contribution is 2.27. The molecule has 0 aliphatic heterocycles. The summed E-state index contributed by atoms with van der Waals surface area (Å²) in [7, 11) is 3.73. The van der Waals surface area contributed by atoms with Crippen molar-refractivity contribution in [2.75, 3.05) is 11.9 Å². The fourth-order valence-corrected chi connectivity index (χ4v) is 2.81. The van der Waals surface area contributed by atoms with Crippen LogP contribution in [-0.4, -0.2) is 32.9 Å². The number of aryl methyl sites for hydroxylation is 3. The van der Waals surface area contributed by atoms with E-state index in [9.17, 15) is 9.90 Å². The molecule has 2 heterocycles. The van der Waals surface area contributed by atoms with Gasteiger partial charge in [-0.15, -0.1) is 0 Å². The smallest absolute Gasteiger partial charge is 0.339 e. The summed E-state index contributed by atoms with van der Waals surface area (Å²) in [4.78, 5) is 18.0. The molecule has 6 heteroatoms. The van der Waals surface area contributed by atoms with Crippen LogP contribution in [0.1, 0.15) is 33.6 Å². The second-order valence-corrected chi connectivity index (χ2v) is 5.50. The van der Waals surface area contributed by atoms with Crippen molar-refractivity contribution in [1.82, 2.24) is 14.8 Å². The van der Waals surface area contributed by atoms with Gasteiger partial charge in [0, 0.05) is 38.1 Å². The summed E-state index contributed by atoms with van der Waals surface area (Å²) >= 11 is 0. The summed E-state index contributed by atoms with van der Waals surface area (Å²) in [5.74, 6) is -0.391. The Hall–Kier alpha value is -2.37. The van der Waals surface area contributed by atoms with Gasteiger partial charge in [0.05, 0.1) is 6.20 Å². The molecule has 1 N–H and O–H groups in total. The standard InChI is InChI=1S/C15H18N4O2/c1-18(8-10-7-16-19(2)9-10)14-12(15(20)21)6-11-4-3-5-13(11)17-14/h6-7,9H,3-5,8H2,1-2H3,(H,20,21). The second-order valence-electron chi connectivity index (χ2n) is 5.50. The van der Waals surface area contributed by atoms with Crippen LogP contribution in [0.5, 0.6) is 0 Å². The molecule has 0 atom stereocenters. The van der Waals surface area contributed by atoms with Gasteiger partial charge in [0.25, 0.3) is 0 Å². The molecule has 0 aromatic carbocycles. The molecule has 3 rings (SSSR count). The van der Waals surface area contributed by atoms with Crippen LogP contribution in [0.4, 0.5) is 5.82 Å². The van der Waals surface area contributed by atoms with Crippen molar-refractivity contribution >= 4 is 11.8 Å². The molecule has 0 radical (unpaired) electrons. The molecule has 0 unspecified atom stereocenters. The van der Waals surface area contributed by atoms with Gasteiger partial charge in [0.1, 0.15) is 11.4 Å². The minimum atomic E-state index is -0.926. The summed E-state index contributed by atoms with van der Waals surface area (Å²) in [6.07, 6.45) is 6.62. The van der Waals surface area contributed by atoms with E-state index in [-0.39, 0.29) is 5.56 Å². The number of pyridine rings is 1. The van der Waals surface area contributed by atoms with Crippen LogP contribution in [0, 0.1) is 0 Å². The number of anilines is 1. The van der Waals surface area contributed by atoms with Crippen LogP contribution in [0.2, 0.25) is 0 Å². The van der Waals surface area contributed by atoms with Gasteiger partial charge in [0.2, 0.25) is 0 Å². The first kappa shape index (κ1) is 13.6. The molecule has 0 fully saturated rings. The first-order valence-corrected chi connectivity index (χ1v) is 6.99. The number of hydrogen-bond donors (Lipinski definition) is 1. The molecule has 1 aliphatic rings. The lowest BCUT2D eigenvalue weighted by Crippen LogP contribution is -2.21. The Morgan fingerprint density at radius 2 is 2.29 bits per heavy atom. The number of nitrogens with zero attached hydrogens (tertiary/aromatic N) is 4. The summed E-state index contributed by atoms with van der Waals surface area (Å²) in [6, 6.07) is 1.78. The van der Waals surface area contributed by atoms with Crippen LogP contribution in [0.3, 0.4) is 0 Å². The van der Waals surface area contributed by atoms with Gasteiger partial charge in [0.15, 0.2) is 0 Å². The minimum Gasteiger partial charge on any atom is -0.478 e. The summed E-state index contributed by atoms with van der Waals surface area (Å²) in [5, 5.41) is 13.6. The molecule has 0 bridgehead atoms. The topological polar surface area (TPSA) is 71.2 Å². The maximum atomic E-state index is 11.5. The Morgan fingerprint density at radius 3 is 2.95 bits per heavy atom. The van der Waals surface area contributed by atoms with E-state index < -0.39 is 5.97 Å². The van der Waals surface area contributed by atoms with Crippen molar-refractivity contribution in [2.24, 2.45) is 7.05 Å². The Morgan fingerprint density at radius 1 is 1.48 bits per heavy atom. The van der Waals surface area contributed by atoms with Gasteiger partial charge in [-0.05, 0) is 30.9 Å². The number of carboxylic acid groups (broad SMARTS) is 1. The summed E-state index contributed by atoms with van der Waals surface area (Å²) in [5.41, 5.74) is 3.42. The predicted octanol–water partition coefficient (Wildman–Crippen LogP) is 1.64. The minimum absolute atomic E-state index is 0.280. The van der Waals surface area contributed by atoms with E-state index in [2.05, 4.69) is 10.1 Å². The van der Waals surface area contributed by atoms with Gasteiger partial charge in [-0.25, -0.2) is 9.78 Å². The van der Waals surface area contributed by atoms with E-state index >= 15 is 0 Å². The predicted molar refractivity (Wildman–Crippen MR) is 78.5 cm³/mol. The number of fused-ring (bicyclic) bond motifs is 1. The first-order valence-electron chi connectivity index (χ1n) is 6.99. The zero-order valence-electron chi connectivity index (χ0n) is 12.2. The van der Waals surface area contributed by atoms with Gasteiger partial charge < -0.3 is 10.0 Å². The number of hydrogen-bond acceptors (Lipinski definition) is 4. The number of carboxylic acids is 1. The summed E-state index contributed by atoms with van der Waals surface area (Å²) < 4.78 is 1.73. The molecule has 1 aliphatic carbocycles. The van der Waals surface area contributed by atoms with E-state index in [1.807, 2.05) is 25.2 Å². The zero-order chi connectivity index (χ0) is 15.0. The Balaban J connectivity index is 1.94. The monoisotopic (exact) mass is 286 g/mol. The van der Waals surface area contributed by atoms with E-state index in [1.54, 1.807) is 16.9 Å². The van der Waals surface area contributed by atoms with Gasteiger partial charge in [-0.3, -0.25) is 4.68 Å². The van der Waals surface area contributed by atoms with Crippen molar-refractivity contribution in [3.8, 4) is 0 Å². The Bertz CT molecular complexity index is 693. The van der Waals surface area contributed by atoms with Crippen molar-refractivity contribution in [1.29, 1.82) is 0 Å². The molecule has 0 saturated heterocycles. The van der Waals surface area contributed by atoms with E-state index in [0.29, 0.717) is 12.4 Å². The van der Waals surface area contributed by atoms with E-state index in [4.69, 9.17) is 0 Å². The molecule has 110 valence electrons. The van der Waals surface area contributed by atoms with E-state index in [1.165, 1.54) is 0 Å². The van der Waals surface area contributed by atoms with Crippen LogP contribution >= 0.6 is 0 Å².